The Hall–Kier alpha value is -2.30. The van der Waals surface area contributed by atoms with E-state index in [4.69, 9.17) is 0 Å². The van der Waals surface area contributed by atoms with Crippen LogP contribution in [0.2, 0.25) is 0 Å². The van der Waals surface area contributed by atoms with Crippen molar-refractivity contribution in [2.45, 2.75) is 13.0 Å². The summed E-state index contributed by atoms with van der Waals surface area (Å²) in [6, 6.07) is 8.64. The second-order valence-electron chi connectivity index (χ2n) is 4.04. The number of anilines is 1. The highest BCUT2D eigenvalue weighted by Crippen LogP contribution is 2.14. The van der Waals surface area contributed by atoms with Crippen LogP contribution in [0.3, 0.4) is 0 Å². The van der Waals surface area contributed by atoms with Gasteiger partial charge < -0.3 is 5.32 Å². The predicted molar refractivity (Wildman–Crippen MR) is 66.2 cm³/mol. The fourth-order valence-corrected chi connectivity index (χ4v) is 1.62. The number of benzene rings is 1. The molecule has 0 saturated heterocycles. The molecule has 0 aliphatic rings. The number of nitrogens with one attached hydrogen (secondary N) is 1. The lowest BCUT2D eigenvalue weighted by atomic mass is 10.3. The highest BCUT2D eigenvalue weighted by atomic mass is 19.1. The standard InChI is InChI=1S/C14H12F2N2O/c15-11-4-5-13(12(16)10-11)17-14(19)6-9-18-7-2-1-3-8-18/h1-5,7-8,10H,6,9H2/p+1. The van der Waals surface area contributed by atoms with E-state index in [2.05, 4.69) is 5.32 Å². The SMILES string of the molecule is O=C(CC[n+]1ccccc1)Nc1ccc(F)cc1F. The van der Waals surface area contributed by atoms with Gasteiger partial charge in [0.05, 0.1) is 12.1 Å². The first kappa shape index (κ1) is 13.1. The molecule has 0 fully saturated rings. The van der Waals surface area contributed by atoms with Gasteiger partial charge in [0.1, 0.15) is 11.6 Å². The summed E-state index contributed by atoms with van der Waals surface area (Å²) in [5, 5.41) is 2.41. The van der Waals surface area contributed by atoms with E-state index in [1.165, 1.54) is 6.07 Å². The van der Waals surface area contributed by atoms with Crippen LogP contribution in [-0.4, -0.2) is 5.91 Å². The molecule has 0 atom stereocenters. The van der Waals surface area contributed by atoms with Gasteiger partial charge in [0.25, 0.3) is 0 Å². The molecule has 0 radical (unpaired) electrons. The molecule has 19 heavy (non-hydrogen) atoms. The molecule has 98 valence electrons. The molecule has 1 amide bonds. The molecule has 1 heterocycles. The molecule has 2 aromatic rings. The summed E-state index contributed by atoms with van der Waals surface area (Å²) < 4.78 is 27.9. The molecular formula is C14H13F2N2O+. The second kappa shape index (κ2) is 6.04. The summed E-state index contributed by atoms with van der Waals surface area (Å²) in [4.78, 5) is 11.6. The number of rotatable bonds is 4. The van der Waals surface area contributed by atoms with Gasteiger partial charge in [-0.05, 0) is 12.1 Å². The number of hydrogen-bond donors (Lipinski definition) is 1. The molecule has 0 aliphatic carbocycles. The molecular weight excluding hydrogens is 250 g/mol. The summed E-state index contributed by atoms with van der Waals surface area (Å²) in [6.45, 7) is 0.496. The third kappa shape index (κ3) is 3.84. The van der Waals surface area contributed by atoms with Gasteiger partial charge in [-0.1, -0.05) is 6.07 Å². The van der Waals surface area contributed by atoms with Gasteiger partial charge in [0, 0.05) is 18.2 Å². The highest BCUT2D eigenvalue weighted by Gasteiger charge is 2.09. The van der Waals surface area contributed by atoms with E-state index < -0.39 is 11.6 Å². The van der Waals surface area contributed by atoms with Crippen molar-refractivity contribution in [2.75, 3.05) is 5.32 Å². The summed E-state index contributed by atoms with van der Waals surface area (Å²) >= 11 is 0. The maximum atomic E-state index is 13.3. The highest BCUT2D eigenvalue weighted by molar-refractivity contribution is 5.90. The molecule has 0 unspecified atom stereocenters. The number of carbonyl (C=O) groups excluding carboxylic acids is 1. The Balaban J connectivity index is 1.91. The number of aromatic nitrogens is 1. The first-order valence-corrected chi connectivity index (χ1v) is 5.84. The lowest BCUT2D eigenvalue weighted by molar-refractivity contribution is -0.695. The fraction of sp³-hybridized carbons (Fsp3) is 0.143. The van der Waals surface area contributed by atoms with Crippen molar-refractivity contribution >= 4 is 11.6 Å². The number of aryl methyl sites for hydroxylation is 1. The number of nitrogens with zero attached hydrogens (tertiary/aromatic N) is 1. The van der Waals surface area contributed by atoms with E-state index in [0.717, 1.165) is 12.1 Å². The van der Waals surface area contributed by atoms with Crippen molar-refractivity contribution in [3.63, 3.8) is 0 Å². The van der Waals surface area contributed by atoms with Crippen LogP contribution >= 0.6 is 0 Å². The molecule has 2 rings (SSSR count). The minimum absolute atomic E-state index is 0.00976. The van der Waals surface area contributed by atoms with Crippen LogP contribution in [-0.2, 0) is 11.3 Å². The van der Waals surface area contributed by atoms with Gasteiger partial charge in [-0.25, -0.2) is 13.3 Å². The van der Waals surface area contributed by atoms with Crippen LogP contribution in [0.1, 0.15) is 6.42 Å². The second-order valence-corrected chi connectivity index (χ2v) is 4.04. The summed E-state index contributed by atoms with van der Waals surface area (Å²) in [5.41, 5.74) is -0.00976. The van der Waals surface area contributed by atoms with Crippen molar-refractivity contribution < 1.29 is 18.1 Å². The van der Waals surface area contributed by atoms with Crippen LogP contribution < -0.4 is 9.88 Å². The van der Waals surface area contributed by atoms with E-state index in [-0.39, 0.29) is 18.0 Å². The van der Waals surface area contributed by atoms with Crippen molar-refractivity contribution in [2.24, 2.45) is 0 Å². The summed E-state index contributed by atoms with van der Waals surface area (Å²) in [6.07, 6.45) is 3.89. The topological polar surface area (TPSA) is 33.0 Å². The van der Waals surface area contributed by atoms with Gasteiger partial charge in [-0.3, -0.25) is 4.79 Å². The quantitative estimate of drug-likeness (QED) is 0.843. The number of carbonyl (C=O) groups is 1. The largest absolute Gasteiger partial charge is 0.323 e. The lowest BCUT2D eigenvalue weighted by Crippen LogP contribution is -2.34. The molecule has 1 N–H and O–H groups in total. The van der Waals surface area contributed by atoms with E-state index in [1.54, 1.807) is 0 Å². The van der Waals surface area contributed by atoms with Gasteiger partial charge >= 0.3 is 0 Å². The van der Waals surface area contributed by atoms with E-state index in [9.17, 15) is 13.6 Å². The van der Waals surface area contributed by atoms with Crippen LogP contribution in [0.15, 0.2) is 48.8 Å². The van der Waals surface area contributed by atoms with Crippen molar-refractivity contribution in [1.29, 1.82) is 0 Å². The van der Waals surface area contributed by atoms with Gasteiger partial charge in [-0.2, -0.15) is 0 Å². The van der Waals surface area contributed by atoms with Crippen LogP contribution in [0.4, 0.5) is 14.5 Å². The van der Waals surface area contributed by atoms with E-state index >= 15 is 0 Å². The average Bonchev–Trinajstić information content (AvgIpc) is 2.41. The molecule has 0 saturated carbocycles. The Labute approximate surface area is 109 Å². The lowest BCUT2D eigenvalue weighted by Gasteiger charge is -2.05. The Morgan fingerprint density at radius 2 is 1.89 bits per heavy atom. The molecule has 0 spiro atoms. The number of pyridine rings is 1. The zero-order valence-corrected chi connectivity index (χ0v) is 10.1. The minimum atomic E-state index is -0.777. The Kier molecular flexibility index (Phi) is 4.18. The Morgan fingerprint density at radius 1 is 1.16 bits per heavy atom. The normalized spacial score (nSPS) is 10.2. The fourth-order valence-electron chi connectivity index (χ4n) is 1.62. The van der Waals surface area contributed by atoms with Gasteiger partial charge in [-0.15, -0.1) is 0 Å². The van der Waals surface area contributed by atoms with Crippen molar-refractivity contribution in [3.8, 4) is 0 Å². The predicted octanol–water partition coefficient (Wildman–Crippen LogP) is 2.28. The number of amides is 1. The zero-order chi connectivity index (χ0) is 13.7. The van der Waals surface area contributed by atoms with Gasteiger partial charge in [0.2, 0.25) is 5.91 Å². The maximum Gasteiger partial charge on any atom is 0.230 e. The number of hydrogen-bond acceptors (Lipinski definition) is 1. The molecule has 0 aliphatic heterocycles. The third-order valence-corrected chi connectivity index (χ3v) is 2.58. The van der Waals surface area contributed by atoms with E-state index in [1.807, 2.05) is 35.2 Å². The summed E-state index contributed by atoms with van der Waals surface area (Å²) in [5.74, 6) is -1.77. The maximum absolute atomic E-state index is 13.3. The monoisotopic (exact) mass is 263 g/mol. The first-order chi connectivity index (χ1) is 9.15. The first-order valence-electron chi connectivity index (χ1n) is 5.84. The smallest absolute Gasteiger partial charge is 0.230 e. The van der Waals surface area contributed by atoms with Crippen LogP contribution in [0, 0.1) is 11.6 Å². The molecule has 1 aromatic carbocycles. The van der Waals surface area contributed by atoms with Crippen LogP contribution in [0.5, 0.6) is 0 Å². The van der Waals surface area contributed by atoms with Crippen LogP contribution in [0.25, 0.3) is 0 Å². The third-order valence-electron chi connectivity index (χ3n) is 2.58. The number of halogens is 2. The minimum Gasteiger partial charge on any atom is -0.323 e. The summed E-state index contributed by atoms with van der Waals surface area (Å²) in [7, 11) is 0. The molecule has 0 bridgehead atoms. The Morgan fingerprint density at radius 3 is 2.58 bits per heavy atom. The van der Waals surface area contributed by atoms with E-state index in [0.29, 0.717) is 6.54 Å². The van der Waals surface area contributed by atoms with Gasteiger partial charge in [0.15, 0.2) is 18.9 Å². The average molecular weight is 263 g/mol. The zero-order valence-electron chi connectivity index (χ0n) is 10.1. The Bertz CT molecular complexity index is 573. The molecule has 1 aromatic heterocycles. The van der Waals surface area contributed by atoms with Crippen molar-refractivity contribution in [1.82, 2.24) is 0 Å². The van der Waals surface area contributed by atoms with Crippen molar-refractivity contribution in [3.05, 3.63) is 60.4 Å². The molecule has 5 heteroatoms. The molecule has 3 nitrogen and oxygen atoms in total.